The van der Waals surface area contributed by atoms with Gasteiger partial charge in [0.05, 0.1) is 50.8 Å². The first-order valence-corrected chi connectivity index (χ1v) is 16.9. The molecule has 0 radical (unpaired) electrons. The topological polar surface area (TPSA) is 60.4 Å². The molecule has 10 atom stereocenters. The summed E-state index contributed by atoms with van der Waals surface area (Å²) >= 11 is 0. The van der Waals surface area contributed by atoms with Gasteiger partial charge in [0.15, 0.2) is 0 Å². The molecule has 6 nitrogen and oxygen atoms in total. The molecule has 0 aromatic carbocycles. The first kappa shape index (κ1) is 30.3. The predicted octanol–water partition coefficient (Wildman–Crippen LogP) is 5.78. The van der Waals surface area contributed by atoms with E-state index in [0.717, 1.165) is 56.7 Å². The van der Waals surface area contributed by atoms with E-state index >= 15 is 0 Å². The van der Waals surface area contributed by atoms with Gasteiger partial charge in [0.2, 0.25) is 0 Å². The fourth-order valence-electron chi connectivity index (χ4n) is 10.6. The van der Waals surface area contributed by atoms with Crippen molar-refractivity contribution in [3.63, 3.8) is 0 Å². The first-order valence-electron chi connectivity index (χ1n) is 16.9. The molecule has 4 aliphatic carbocycles. The number of nitrogens with zero attached hydrogens (tertiary/aromatic N) is 1. The van der Waals surface area contributed by atoms with Crippen molar-refractivity contribution < 1.29 is 24.1 Å². The van der Waals surface area contributed by atoms with Crippen LogP contribution in [0.3, 0.4) is 0 Å². The number of hydrogen-bond donors (Lipinski definition) is 1. The Bertz CT molecular complexity index is 995. The molecular formula is C35H57NO5. The SMILES string of the molecule is COCCOCCOCCN1C[C@@H](C)C[C@H]2O[C@]3(CC[C@@H]4C(=C(C)C3)C[C@H]3[C@H]4CCC4=C[C@@H](O)CC[C@@]43C)[C@H](C)[C@@H]21. The third kappa shape index (κ3) is 5.64. The van der Waals surface area contributed by atoms with Crippen LogP contribution in [-0.4, -0.2) is 87.1 Å². The van der Waals surface area contributed by atoms with E-state index in [4.69, 9.17) is 18.9 Å². The quantitative estimate of drug-likeness (QED) is 0.280. The summed E-state index contributed by atoms with van der Waals surface area (Å²) in [4.78, 5) is 2.71. The second kappa shape index (κ2) is 12.3. The van der Waals surface area contributed by atoms with Crippen LogP contribution in [0.2, 0.25) is 0 Å². The number of likely N-dealkylation sites (tertiary alicyclic amines) is 1. The number of piperidine rings is 1. The van der Waals surface area contributed by atoms with E-state index in [1.165, 1.54) is 38.5 Å². The molecule has 0 unspecified atom stereocenters. The molecule has 6 aliphatic rings. The second-order valence-electron chi connectivity index (χ2n) is 14.9. The minimum absolute atomic E-state index is 0.0246. The van der Waals surface area contributed by atoms with Gasteiger partial charge in [-0.3, -0.25) is 4.90 Å². The van der Waals surface area contributed by atoms with Crippen molar-refractivity contribution in [2.45, 2.75) is 109 Å². The number of hydrogen-bond acceptors (Lipinski definition) is 6. The van der Waals surface area contributed by atoms with Crippen molar-refractivity contribution in [2.24, 2.45) is 35.0 Å². The molecule has 6 heteroatoms. The first-order chi connectivity index (χ1) is 19.8. The lowest BCUT2D eigenvalue weighted by molar-refractivity contribution is -0.0807. The van der Waals surface area contributed by atoms with Crippen LogP contribution < -0.4 is 0 Å². The molecule has 1 spiro atoms. The number of allylic oxidation sites excluding steroid dienone is 2. The van der Waals surface area contributed by atoms with Gasteiger partial charge < -0.3 is 24.1 Å². The highest BCUT2D eigenvalue weighted by molar-refractivity contribution is 5.33. The molecule has 0 bridgehead atoms. The molecular weight excluding hydrogens is 514 g/mol. The number of fused-ring (bicyclic) bond motifs is 6. The lowest BCUT2D eigenvalue weighted by Crippen LogP contribution is -2.52. The van der Waals surface area contributed by atoms with Gasteiger partial charge in [-0.1, -0.05) is 43.6 Å². The van der Waals surface area contributed by atoms with Crippen molar-refractivity contribution in [1.29, 1.82) is 0 Å². The molecule has 232 valence electrons. The third-order valence-corrected chi connectivity index (χ3v) is 12.6. The Kier molecular flexibility index (Phi) is 9.10. The standard InChI is InChI=1S/C35H57NO5/c1-23-18-32-33(36(22-23)12-13-39-16-17-40-15-14-38-5)25(3)35(41-32)11-9-28-29-7-6-26-19-27(37)8-10-34(26,4)31(29)20-30(28)24(2)21-35/h19,23,25,27-29,31-33,37H,6-18,20-22H2,1-5H3/t23-,25+,27-,28-,29-,31-,32+,33-,34-,35-/m0/s1. The summed E-state index contributed by atoms with van der Waals surface area (Å²) in [7, 11) is 1.70. The van der Waals surface area contributed by atoms with Gasteiger partial charge in [-0.15, -0.1) is 0 Å². The molecule has 2 saturated heterocycles. The van der Waals surface area contributed by atoms with E-state index in [1.54, 1.807) is 23.8 Å². The zero-order valence-corrected chi connectivity index (χ0v) is 26.5. The van der Waals surface area contributed by atoms with Gasteiger partial charge in [-0.25, -0.2) is 0 Å². The molecule has 6 rings (SSSR count). The fraction of sp³-hybridized carbons (Fsp3) is 0.886. The van der Waals surface area contributed by atoms with Gasteiger partial charge in [-0.2, -0.15) is 0 Å². The monoisotopic (exact) mass is 571 g/mol. The van der Waals surface area contributed by atoms with Crippen LogP contribution in [0.4, 0.5) is 0 Å². The molecule has 4 fully saturated rings. The van der Waals surface area contributed by atoms with Crippen LogP contribution in [0, 0.1) is 35.0 Å². The van der Waals surface area contributed by atoms with Gasteiger partial charge >= 0.3 is 0 Å². The lowest BCUT2D eigenvalue weighted by Gasteiger charge is -2.49. The molecule has 2 aliphatic heterocycles. The average molecular weight is 572 g/mol. The highest BCUT2D eigenvalue weighted by atomic mass is 16.5. The molecule has 41 heavy (non-hydrogen) atoms. The van der Waals surface area contributed by atoms with E-state index in [0.29, 0.717) is 55.8 Å². The van der Waals surface area contributed by atoms with E-state index in [1.807, 2.05) is 0 Å². The zero-order chi connectivity index (χ0) is 28.8. The molecule has 0 aromatic heterocycles. The van der Waals surface area contributed by atoms with Crippen LogP contribution in [0.25, 0.3) is 0 Å². The molecule has 2 heterocycles. The highest BCUT2D eigenvalue weighted by Crippen LogP contribution is 2.64. The van der Waals surface area contributed by atoms with Crippen molar-refractivity contribution in [3.8, 4) is 0 Å². The minimum Gasteiger partial charge on any atom is -0.389 e. The Balaban J connectivity index is 1.13. The fourth-order valence-corrected chi connectivity index (χ4v) is 10.6. The summed E-state index contributed by atoms with van der Waals surface area (Å²) in [6.45, 7) is 15.3. The summed E-state index contributed by atoms with van der Waals surface area (Å²) in [5.41, 5.74) is 5.28. The summed E-state index contributed by atoms with van der Waals surface area (Å²) in [5.74, 6) is 3.47. The van der Waals surface area contributed by atoms with Gasteiger partial charge in [-0.05, 0) is 93.8 Å². The van der Waals surface area contributed by atoms with Crippen LogP contribution in [-0.2, 0) is 18.9 Å². The predicted molar refractivity (Wildman–Crippen MR) is 162 cm³/mol. The molecule has 1 N–H and O–H groups in total. The summed E-state index contributed by atoms with van der Waals surface area (Å²) in [5, 5.41) is 10.3. The van der Waals surface area contributed by atoms with Crippen molar-refractivity contribution in [3.05, 3.63) is 22.8 Å². The summed E-state index contributed by atoms with van der Waals surface area (Å²) in [6.07, 6.45) is 13.0. The maximum atomic E-state index is 10.3. The Hall–Kier alpha value is -0.760. The smallest absolute Gasteiger partial charge is 0.0765 e. The summed E-state index contributed by atoms with van der Waals surface area (Å²) < 4.78 is 23.9. The van der Waals surface area contributed by atoms with Crippen molar-refractivity contribution in [1.82, 2.24) is 4.90 Å². The third-order valence-electron chi connectivity index (χ3n) is 12.6. The van der Waals surface area contributed by atoms with Crippen LogP contribution in [0.5, 0.6) is 0 Å². The van der Waals surface area contributed by atoms with E-state index in [-0.39, 0.29) is 11.7 Å². The molecule has 0 amide bonds. The number of aliphatic hydroxyl groups is 1. The lowest BCUT2D eigenvalue weighted by atomic mass is 9.56. The van der Waals surface area contributed by atoms with Crippen LogP contribution >= 0.6 is 0 Å². The maximum absolute atomic E-state index is 10.3. The maximum Gasteiger partial charge on any atom is 0.0765 e. The van der Waals surface area contributed by atoms with Crippen molar-refractivity contribution >= 4 is 0 Å². The Labute approximate surface area is 249 Å². The number of ether oxygens (including phenoxy) is 4. The largest absolute Gasteiger partial charge is 0.389 e. The molecule has 0 aromatic rings. The zero-order valence-electron chi connectivity index (χ0n) is 26.5. The second-order valence-corrected chi connectivity index (χ2v) is 14.9. The van der Waals surface area contributed by atoms with Crippen LogP contribution in [0.1, 0.15) is 85.5 Å². The Morgan fingerprint density at radius 2 is 1.83 bits per heavy atom. The van der Waals surface area contributed by atoms with Gasteiger partial charge in [0, 0.05) is 32.2 Å². The van der Waals surface area contributed by atoms with E-state index in [9.17, 15) is 5.11 Å². The normalized spacial score (nSPS) is 44.3. The average Bonchev–Trinajstić information content (AvgIpc) is 3.40. The van der Waals surface area contributed by atoms with E-state index in [2.05, 4.69) is 38.7 Å². The Morgan fingerprint density at radius 1 is 1.05 bits per heavy atom. The number of rotatable bonds is 9. The number of aliphatic hydroxyl groups excluding tert-OH is 1. The van der Waals surface area contributed by atoms with Gasteiger partial charge in [0.1, 0.15) is 0 Å². The Morgan fingerprint density at radius 3 is 2.63 bits per heavy atom. The minimum atomic E-state index is -0.221. The number of methoxy groups -OCH3 is 1. The summed E-state index contributed by atoms with van der Waals surface area (Å²) in [6, 6.07) is 0.492. The van der Waals surface area contributed by atoms with Crippen molar-refractivity contribution in [2.75, 3.05) is 53.2 Å². The van der Waals surface area contributed by atoms with E-state index < -0.39 is 0 Å². The highest BCUT2D eigenvalue weighted by Gasteiger charge is 2.59. The van der Waals surface area contributed by atoms with Crippen LogP contribution in [0.15, 0.2) is 22.8 Å². The van der Waals surface area contributed by atoms with Gasteiger partial charge in [0.25, 0.3) is 0 Å². The molecule has 2 saturated carbocycles.